The van der Waals surface area contributed by atoms with Gasteiger partial charge in [0.2, 0.25) is 0 Å². The number of aromatic nitrogens is 2. The molecule has 51 heavy (non-hydrogen) atoms. The summed E-state index contributed by atoms with van der Waals surface area (Å²) < 4.78 is 4.88. The smallest absolute Gasteiger partial charge is 0.0641 e. The van der Waals surface area contributed by atoms with E-state index < -0.39 is 0 Å². The first kappa shape index (κ1) is 29.1. The fourth-order valence-electron chi connectivity index (χ4n) is 7.84. The van der Waals surface area contributed by atoms with Crippen LogP contribution in [0.2, 0.25) is 0 Å². The Labute approximate surface area is 296 Å². The zero-order valence-electron chi connectivity index (χ0n) is 27.9. The van der Waals surface area contributed by atoms with Crippen molar-refractivity contribution < 1.29 is 0 Å². The number of para-hydroxylation sites is 4. The van der Waals surface area contributed by atoms with Crippen LogP contribution in [-0.2, 0) is 0 Å². The van der Waals surface area contributed by atoms with Gasteiger partial charge in [-0.2, -0.15) is 0 Å². The van der Waals surface area contributed by atoms with E-state index in [-0.39, 0.29) is 0 Å². The summed E-state index contributed by atoms with van der Waals surface area (Å²) in [7, 11) is 0. The molecule has 3 nitrogen and oxygen atoms in total. The molecule has 0 bridgehead atoms. The van der Waals surface area contributed by atoms with E-state index in [2.05, 4.69) is 214 Å². The Bertz CT molecular complexity index is 2770. The van der Waals surface area contributed by atoms with Crippen LogP contribution in [0, 0.1) is 0 Å². The van der Waals surface area contributed by atoms with Crippen LogP contribution >= 0.6 is 0 Å². The lowest BCUT2D eigenvalue weighted by Crippen LogP contribution is -2.09. The second-order valence-corrected chi connectivity index (χ2v) is 13.0. The number of hydrogen-bond donors (Lipinski definition) is 0. The highest BCUT2D eigenvalue weighted by Crippen LogP contribution is 2.43. The van der Waals surface area contributed by atoms with Gasteiger partial charge in [0.25, 0.3) is 0 Å². The molecule has 8 aromatic carbocycles. The van der Waals surface area contributed by atoms with Crippen LogP contribution in [0.15, 0.2) is 200 Å². The third-order valence-corrected chi connectivity index (χ3v) is 10.1. The maximum Gasteiger partial charge on any atom is 0.0641 e. The van der Waals surface area contributed by atoms with Crippen LogP contribution in [0.3, 0.4) is 0 Å². The number of nitrogens with zero attached hydrogens (tertiary/aromatic N) is 3. The van der Waals surface area contributed by atoms with Crippen LogP contribution in [0.5, 0.6) is 0 Å². The molecule has 0 amide bonds. The first-order chi connectivity index (χ1) is 25.3. The van der Waals surface area contributed by atoms with Crippen molar-refractivity contribution in [3.05, 3.63) is 200 Å². The van der Waals surface area contributed by atoms with Gasteiger partial charge in [0.05, 0.1) is 22.1 Å². The van der Waals surface area contributed by atoms with Gasteiger partial charge < -0.3 is 14.0 Å². The van der Waals surface area contributed by atoms with E-state index in [9.17, 15) is 0 Å². The molecule has 0 saturated heterocycles. The molecule has 0 unspecified atom stereocenters. The van der Waals surface area contributed by atoms with Gasteiger partial charge in [0.1, 0.15) is 0 Å². The highest BCUT2D eigenvalue weighted by molar-refractivity contribution is 6.26. The van der Waals surface area contributed by atoms with Gasteiger partial charge in [-0.15, -0.1) is 0 Å². The van der Waals surface area contributed by atoms with Crippen molar-refractivity contribution in [2.24, 2.45) is 0 Å². The molecule has 0 fully saturated rings. The Morgan fingerprint density at radius 1 is 0.294 bits per heavy atom. The first-order valence-corrected chi connectivity index (χ1v) is 17.5. The summed E-state index contributed by atoms with van der Waals surface area (Å²) in [4.78, 5) is 2.31. The summed E-state index contributed by atoms with van der Waals surface area (Å²) in [5.41, 5.74) is 12.9. The van der Waals surface area contributed by atoms with Crippen molar-refractivity contribution in [1.29, 1.82) is 0 Å². The van der Waals surface area contributed by atoms with E-state index in [0.717, 1.165) is 28.4 Å². The van der Waals surface area contributed by atoms with Gasteiger partial charge in [-0.1, -0.05) is 121 Å². The highest BCUT2D eigenvalue weighted by atomic mass is 15.1. The lowest BCUT2D eigenvalue weighted by Gasteiger charge is -2.25. The molecule has 0 atom stereocenters. The Hall–Kier alpha value is -6.84. The Morgan fingerprint density at radius 3 is 1.41 bits per heavy atom. The third kappa shape index (κ3) is 4.74. The van der Waals surface area contributed by atoms with Crippen molar-refractivity contribution >= 4 is 60.7 Å². The molecule has 0 aliphatic carbocycles. The third-order valence-electron chi connectivity index (χ3n) is 10.1. The fraction of sp³-hybridized carbons (Fsp3) is 0. The van der Waals surface area contributed by atoms with Crippen LogP contribution < -0.4 is 4.90 Å². The van der Waals surface area contributed by atoms with E-state index in [0.29, 0.717) is 0 Å². The highest BCUT2D eigenvalue weighted by Gasteiger charge is 2.21. The molecule has 0 radical (unpaired) electrons. The molecule has 0 spiro atoms. The van der Waals surface area contributed by atoms with Gasteiger partial charge in [-0.3, -0.25) is 0 Å². The number of hydrogen-bond acceptors (Lipinski definition) is 1. The van der Waals surface area contributed by atoms with E-state index >= 15 is 0 Å². The van der Waals surface area contributed by atoms with E-state index in [4.69, 9.17) is 0 Å². The summed E-state index contributed by atoms with van der Waals surface area (Å²) in [5.74, 6) is 0. The monoisotopic (exact) mass is 651 g/mol. The molecule has 0 aliphatic heterocycles. The van der Waals surface area contributed by atoms with Crippen molar-refractivity contribution in [3.63, 3.8) is 0 Å². The van der Waals surface area contributed by atoms with E-state index in [1.807, 2.05) is 0 Å². The Morgan fingerprint density at radius 2 is 0.765 bits per heavy atom. The standard InChI is InChI=1S/C48H33N3/c1-4-14-34(15-5-1)35-24-26-40(27-25-35)51-44-22-12-10-20-41(44)42-32-33-46-47(48(42)51)43-21-11-13-23-45(43)50(46)39-30-28-38(29-31-39)49(36-16-6-2-7-17-36)37-18-8-3-9-19-37/h1-33H. The molecule has 0 N–H and O–H groups in total. The Balaban J connectivity index is 1.18. The van der Waals surface area contributed by atoms with Crippen LogP contribution in [0.1, 0.15) is 0 Å². The summed E-state index contributed by atoms with van der Waals surface area (Å²) in [6, 6.07) is 71.9. The second-order valence-electron chi connectivity index (χ2n) is 13.0. The van der Waals surface area contributed by atoms with Gasteiger partial charge in [-0.05, 0) is 90.0 Å². The number of benzene rings is 8. The summed E-state index contributed by atoms with van der Waals surface area (Å²) >= 11 is 0. The first-order valence-electron chi connectivity index (χ1n) is 17.5. The molecule has 0 saturated carbocycles. The largest absolute Gasteiger partial charge is 0.311 e. The molecule has 10 aromatic rings. The lowest BCUT2D eigenvalue weighted by molar-refractivity contribution is 1.17. The van der Waals surface area contributed by atoms with Gasteiger partial charge in [0.15, 0.2) is 0 Å². The van der Waals surface area contributed by atoms with Crippen molar-refractivity contribution in [3.8, 4) is 22.5 Å². The van der Waals surface area contributed by atoms with E-state index in [1.165, 1.54) is 54.7 Å². The predicted octanol–water partition coefficient (Wildman–Crippen LogP) is 13.0. The van der Waals surface area contributed by atoms with Crippen LogP contribution in [-0.4, -0.2) is 9.13 Å². The average molecular weight is 652 g/mol. The molecular weight excluding hydrogens is 619 g/mol. The zero-order chi connectivity index (χ0) is 33.7. The average Bonchev–Trinajstić information content (AvgIpc) is 3.73. The number of anilines is 3. The topological polar surface area (TPSA) is 13.1 Å². The molecule has 2 aromatic heterocycles. The molecular formula is C48H33N3. The minimum Gasteiger partial charge on any atom is -0.311 e. The molecule has 3 heteroatoms. The number of fused-ring (bicyclic) bond motifs is 7. The SMILES string of the molecule is c1ccc(-c2ccc(-n3c4ccccc4c4ccc5c(c6ccccc6n5-c5ccc(N(c6ccccc6)c6ccccc6)cc5)c43)cc2)cc1. The predicted molar refractivity (Wildman–Crippen MR) is 215 cm³/mol. The molecule has 0 aliphatic rings. The van der Waals surface area contributed by atoms with Gasteiger partial charge in [0, 0.05) is 50.0 Å². The van der Waals surface area contributed by atoms with Crippen molar-refractivity contribution in [1.82, 2.24) is 9.13 Å². The minimum atomic E-state index is 1.11. The fourth-order valence-corrected chi connectivity index (χ4v) is 7.84. The van der Waals surface area contributed by atoms with Crippen LogP contribution in [0.25, 0.3) is 66.1 Å². The summed E-state index contributed by atoms with van der Waals surface area (Å²) in [6.07, 6.45) is 0. The molecule has 2 heterocycles. The minimum absolute atomic E-state index is 1.11. The Kier molecular flexibility index (Phi) is 6.81. The number of rotatable bonds is 6. The summed E-state index contributed by atoms with van der Waals surface area (Å²) in [5, 5.41) is 5.00. The maximum atomic E-state index is 2.46. The van der Waals surface area contributed by atoms with Gasteiger partial charge in [-0.25, -0.2) is 0 Å². The normalized spacial score (nSPS) is 11.5. The maximum absolute atomic E-state index is 2.46. The van der Waals surface area contributed by atoms with Crippen molar-refractivity contribution in [2.45, 2.75) is 0 Å². The molecule has 10 rings (SSSR count). The van der Waals surface area contributed by atoms with E-state index in [1.54, 1.807) is 0 Å². The van der Waals surface area contributed by atoms with Crippen molar-refractivity contribution in [2.75, 3.05) is 4.90 Å². The zero-order valence-corrected chi connectivity index (χ0v) is 27.9. The quantitative estimate of drug-likeness (QED) is 0.174. The second kappa shape index (κ2) is 11.9. The lowest BCUT2D eigenvalue weighted by atomic mass is 10.1. The van der Waals surface area contributed by atoms with Crippen LogP contribution in [0.4, 0.5) is 17.1 Å². The van der Waals surface area contributed by atoms with Gasteiger partial charge >= 0.3 is 0 Å². The summed E-state index contributed by atoms with van der Waals surface area (Å²) in [6.45, 7) is 0. The molecule has 240 valence electrons.